The largest absolute Gasteiger partial charge is 0.462 e. The third kappa shape index (κ3) is 2.91. The summed E-state index contributed by atoms with van der Waals surface area (Å²) in [6.07, 6.45) is 15.0. The first-order chi connectivity index (χ1) is 14.3. The maximum Gasteiger partial charge on any atom is 0.302 e. The molecule has 0 unspecified atom stereocenters. The Balaban J connectivity index is 1.42. The molecular formula is C26H30FNO2. The summed E-state index contributed by atoms with van der Waals surface area (Å²) < 4.78 is 18.9. The second kappa shape index (κ2) is 6.90. The van der Waals surface area contributed by atoms with Gasteiger partial charge in [0, 0.05) is 25.0 Å². The van der Waals surface area contributed by atoms with Crippen LogP contribution >= 0.6 is 0 Å². The lowest BCUT2D eigenvalue weighted by atomic mass is 9.49. The van der Waals surface area contributed by atoms with Crippen molar-refractivity contribution in [3.63, 3.8) is 0 Å². The summed E-state index contributed by atoms with van der Waals surface area (Å²) >= 11 is 0. The van der Waals surface area contributed by atoms with E-state index in [0.29, 0.717) is 11.8 Å². The molecule has 0 bridgehead atoms. The van der Waals surface area contributed by atoms with E-state index in [-0.39, 0.29) is 22.9 Å². The van der Waals surface area contributed by atoms with Gasteiger partial charge >= 0.3 is 5.97 Å². The second-order valence-electron chi connectivity index (χ2n) is 10.0. The molecule has 3 nitrogen and oxygen atoms in total. The van der Waals surface area contributed by atoms with Crippen LogP contribution in [0.15, 0.2) is 47.7 Å². The molecule has 1 aromatic heterocycles. The molecule has 4 aliphatic rings. The number of allylic oxidation sites excluding steroid dienone is 5. The lowest BCUT2D eigenvalue weighted by molar-refractivity contribution is -0.148. The summed E-state index contributed by atoms with van der Waals surface area (Å²) in [5.74, 6) is 0.581. The molecule has 0 spiro atoms. The minimum Gasteiger partial charge on any atom is -0.462 e. The number of hydrogen-bond donors (Lipinski definition) is 0. The van der Waals surface area contributed by atoms with Gasteiger partial charge in [0.05, 0.1) is 0 Å². The first kappa shape index (κ1) is 19.7. The Morgan fingerprint density at radius 1 is 1.20 bits per heavy atom. The Bertz CT molecular complexity index is 975. The van der Waals surface area contributed by atoms with Crippen molar-refractivity contribution in [2.24, 2.45) is 22.7 Å². The standard InChI is InChI=1S/C26H30FNO2/c1-16(29)30-19-10-12-25(2)18(14-19)5-6-20-22-8-7-21(17-4-9-24(27)28-15-17)26(22,3)13-11-23(20)25/h4-5,7-9,15,19-20,23H,6,10-14H2,1-3H3/t19-,20-,23-,25-,26+/m0/s1. The van der Waals surface area contributed by atoms with Crippen LogP contribution in [0.25, 0.3) is 5.57 Å². The topological polar surface area (TPSA) is 39.2 Å². The number of nitrogens with zero attached hydrogens (tertiary/aromatic N) is 1. The molecule has 0 saturated heterocycles. The SMILES string of the molecule is CC(=O)O[C@H]1CC[C@@]2(C)C(=CC[C@H]3C4=CC=C(c5ccc(F)nc5)[C@@]4(C)CC[C@@H]32)C1. The molecule has 5 rings (SSSR count). The minimum absolute atomic E-state index is 0.0112. The zero-order valence-electron chi connectivity index (χ0n) is 18.1. The first-order valence-electron chi connectivity index (χ1n) is 11.2. The molecule has 0 radical (unpaired) electrons. The van der Waals surface area contributed by atoms with Crippen molar-refractivity contribution < 1.29 is 13.9 Å². The molecule has 0 aromatic carbocycles. The van der Waals surface area contributed by atoms with Crippen LogP contribution in [0.2, 0.25) is 0 Å². The highest BCUT2D eigenvalue weighted by atomic mass is 19.1. The van der Waals surface area contributed by atoms with Gasteiger partial charge in [-0.05, 0) is 72.6 Å². The van der Waals surface area contributed by atoms with Gasteiger partial charge in [-0.3, -0.25) is 4.79 Å². The van der Waals surface area contributed by atoms with Gasteiger partial charge < -0.3 is 4.74 Å². The van der Waals surface area contributed by atoms with E-state index in [2.05, 4.69) is 37.1 Å². The average molecular weight is 408 g/mol. The van der Waals surface area contributed by atoms with Gasteiger partial charge in [0.2, 0.25) is 5.95 Å². The quantitative estimate of drug-likeness (QED) is 0.341. The molecule has 0 N–H and O–H groups in total. The molecule has 4 aliphatic carbocycles. The van der Waals surface area contributed by atoms with Crippen molar-refractivity contribution in [2.45, 2.75) is 65.4 Å². The van der Waals surface area contributed by atoms with Crippen molar-refractivity contribution in [3.05, 3.63) is 59.2 Å². The molecule has 5 atom stereocenters. The molecule has 2 saturated carbocycles. The van der Waals surface area contributed by atoms with Crippen molar-refractivity contribution in [1.82, 2.24) is 4.98 Å². The zero-order valence-corrected chi connectivity index (χ0v) is 18.1. The normalized spacial score (nSPS) is 37.2. The summed E-state index contributed by atoms with van der Waals surface area (Å²) in [6, 6.07) is 3.32. The van der Waals surface area contributed by atoms with E-state index >= 15 is 0 Å². The van der Waals surface area contributed by atoms with Crippen LogP contribution in [0, 0.1) is 28.6 Å². The van der Waals surface area contributed by atoms with Gasteiger partial charge in [-0.25, -0.2) is 4.98 Å². The maximum atomic E-state index is 13.3. The van der Waals surface area contributed by atoms with Gasteiger partial charge in [-0.2, -0.15) is 4.39 Å². The summed E-state index contributed by atoms with van der Waals surface area (Å²) in [5.41, 5.74) is 5.56. The molecular weight excluding hydrogens is 377 g/mol. The van der Waals surface area contributed by atoms with Crippen LogP contribution in [-0.4, -0.2) is 17.1 Å². The third-order valence-electron chi connectivity index (χ3n) is 8.48. The van der Waals surface area contributed by atoms with E-state index < -0.39 is 5.95 Å². The second-order valence-corrected chi connectivity index (χ2v) is 10.0. The van der Waals surface area contributed by atoms with E-state index in [1.165, 1.54) is 36.1 Å². The Hall–Kier alpha value is -2.23. The Kier molecular flexibility index (Phi) is 4.53. The Morgan fingerprint density at radius 2 is 2.03 bits per heavy atom. The fraction of sp³-hybridized carbons (Fsp3) is 0.538. The summed E-state index contributed by atoms with van der Waals surface area (Å²) in [4.78, 5) is 15.3. The highest BCUT2D eigenvalue weighted by Crippen LogP contribution is 2.64. The molecule has 0 aliphatic heterocycles. The molecule has 1 aromatic rings. The minimum atomic E-state index is -0.429. The van der Waals surface area contributed by atoms with E-state index in [1.54, 1.807) is 6.20 Å². The summed E-state index contributed by atoms with van der Waals surface area (Å²) in [7, 11) is 0. The number of halogens is 1. The van der Waals surface area contributed by atoms with E-state index in [4.69, 9.17) is 4.74 Å². The predicted molar refractivity (Wildman–Crippen MR) is 115 cm³/mol. The van der Waals surface area contributed by atoms with Crippen LogP contribution in [0.3, 0.4) is 0 Å². The van der Waals surface area contributed by atoms with Crippen molar-refractivity contribution in [1.29, 1.82) is 0 Å². The zero-order chi connectivity index (χ0) is 21.1. The lowest BCUT2D eigenvalue weighted by Crippen LogP contribution is -2.47. The van der Waals surface area contributed by atoms with Crippen molar-refractivity contribution >= 4 is 11.5 Å². The van der Waals surface area contributed by atoms with Crippen molar-refractivity contribution in [2.75, 3.05) is 0 Å². The van der Waals surface area contributed by atoms with E-state index in [9.17, 15) is 9.18 Å². The van der Waals surface area contributed by atoms with Crippen molar-refractivity contribution in [3.8, 4) is 0 Å². The number of rotatable bonds is 2. The van der Waals surface area contributed by atoms with Crippen LogP contribution in [0.5, 0.6) is 0 Å². The van der Waals surface area contributed by atoms with Crippen LogP contribution < -0.4 is 0 Å². The summed E-state index contributed by atoms with van der Waals surface area (Å²) in [5, 5.41) is 0. The number of esters is 1. The van der Waals surface area contributed by atoms with Crippen LogP contribution in [-0.2, 0) is 9.53 Å². The third-order valence-corrected chi connectivity index (χ3v) is 8.48. The smallest absolute Gasteiger partial charge is 0.302 e. The molecule has 1 heterocycles. The van der Waals surface area contributed by atoms with Gasteiger partial charge in [0.15, 0.2) is 0 Å². The Labute approximate surface area is 178 Å². The fourth-order valence-corrected chi connectivity index (χ4v) is 6.92. The summed E-state index contributed by atoms with van der Waals surface area (Å²) in [6.45, 7) is 6.31. The highest BCUT2D eigenvalue weighted by Gasteiger charge is 2.54. The molecule has 158 valence electrons. The molecule has 4 heteroatoms. The number of ether oxygens (including phenoxy) is 1. The van der Waals surface area contributed by atoms with E-state index in [0.717, 1.165) is 37.7 Å². The number of carbonyl (C=O) groups excluding carboxylic acids is 1. The number of pyridine rings is 1. The van der Waals surface area contributed by atoms with Gasteiger partial charge in [0.25, 0.3) is 0 Å². The first-order valence-corrected chi connectivity index (χ1v) is 11.2. The van der Waals surface area contributed by atoms with Gasteiger partial charge in [-0.1, -0.05) is 43.2 Å². The van der Waals surface area contributed by atoms with Gasteiger partial charge in [-0.15, -0.1) is 0 Å². The average Bonchev–Trinajstić information content (AvgIpc) is 3.06. The molecule has 2 fully saturated rings. The monoisotopic (exact) mass is 407 g/mol. The van der Waals surface area contributed by atoms with Gasteiger partial charge in [0.1, 0.15) is 6.10 Å². The van der Waals surface area contributed by atoms with Crippen LogP contribution in [0.4, 0.5) is 4.39 Å². The number of fused-ring (bicyclic) bond motifs is 5. The number of aromatic nitrogens is 1. The number of hydrogen-bond acceptors (Lipinski definition) is 3. The Morgan fingerprint density at radius 3 is 2.77 bits per heavy atom. The molecule has 30 heavy (non-hydrogen) atoms. The highest BCUT2D eigenvalue weighted by molar-refractivity contribution is 5.78. The molecule has 0 amide bonds. The van der Waals surface area contributed by atoms with E-state index in [1.807, 2.05) is 6.07 Å². The number of carbonyl (C=O) groups is 1. The lowest BCUT2D eigenvalue weighted by Gasteiger charge is -2.56. The fourth-order valence-electron chi connectivity index (χ4n) is 6.92. The predicted octanol–water partition coefficient (Wildman–Crippen LogP) is 6.03. The maximum absolute atomic E-state index is 13.3. The van der Waals surface area contributed by atoms with Crippen LogP contribution in [0.1, 0.15) is 64.9 Å².